The first kappa shape index (κ1) is 13.8. The summed E-state index contributed by atoms with van der Waals surface area (Å²) in [5, 5.41) is 3.09. The lowest BCUT2D eigenvalue weighted by molar-refractivity contribution is -0.121. The van der Waals surface area contributed by atoms with Crippen molar-refractivity contribution in [3.63, 3.8) is 0 Å². The molecule has 0 bridgehead atoms. The quantitative estimate of drug-likeness (QED) is 0.884. The maximum Gasteiger partial charge on any atom is 0.220 e. The van der Waals surface area contributed by atoms with E-state index in [1.165, 1.54) is 5.56 Å². The molecule has 1 aliphatic carbocycles. The highest BCUT2D eigenvalue weighted by Gasteiger charge is 2.44. The second-order valence-corrected chi connectivity index (χ2v) is 5.74. The number of nitrogens with one attached hydrogen (secondary N) is 1. The summed E-state index contributed by atoms with van der Waals surface area (Å²) < 4.78 is 0. The fourth-order valence-electron chi connectivity index (χ4n) is 2.65. The minimum atomic E-state index is 0.114. The summed E-state index contributed by atoms with van der Waals surface area (Å²) in [4.78, 5) is 16.2. The highest BCUT2D eigenvalue weighted by molar-refractivity contribution is 5.76. The van der Waals surface area contributed by atoms with Crippen molar-refractivity contribution in [1.82, 2.24) is 10.3 Å². The van der Waals surface area contributed by atoms with Gasteiger partial charge in [-0.25, -0.2) is 0 Å². The third-order valence-electron chi connectivity index (χ3n) is 4.20. The van der Waals surface area contributed by atoms with Crippen LogP contribution < -0.4 is 5.32 Å². The Balaban J connectivity index is 1.48. The number of hydrogen-bond donors (Lipinski definition) is 1. The van der Waals surface area contributed by atoms with Crippen molar-refractivity contribution in [2.75, 3.05) is 6.54 Å². The first-order chi connectivity index (χ1) is 10.3. The highest BCUT2D eigenvalue weighted by Crippen LogP contribution is 2.47. The van der Waals surface area contributed by atoms with Crippen LogP contribution in [0.5, 0.6) is 0 Å². The van der Waals surface area contributed by atoms with Gasteiger partial charge in [0, 0.05) is 30.3 Å². The van der Waals surface area contributed by atoms with Gasteiger partial charge in [-0.2, -0.15) is 0 Å². The summed E-state index contributed by atoms with van der Waals surface area (Å²) in [6, 6.07) is 16.3. The lowest BCUT2D eigenvalue weighted by Gasteiger charge is -2.16. The number of benzene rings is 1. The second-order valence-electron chi connectivity index (χ2n) is 5.74. The number of hydrogen-bond acceptors (Lipinski definition) is 2. The molecule has 1 aliphatic rings. The Labute approximate surface area is 125 Å². The molecule has 0 saturated heterocycles. The molecule has 0 radical (unpaired) electrons. The number of nitrogens with zero attached hydrogens (tertiary/aromatic N) is 1. The van der Waals surface area contributed by atoms with Crippen LogP contribution in [-0.2, 0) is 16.6 Å². The highest BCUT2D eigenvalue weighted by atomic mass is 16.1. The van der Waals surface area contributed by atoms with Crippen LogP contribution in [0.15, 0.2) is 54.7 Å². The zero-order valence-corrected chi connectivity index (χ0v) is 12.1. The Morgan fingerprint density at radius 2 is 1.86 bits per heavy atom. The van der Waals surface area contributed by atoms with Gasteiger partial charge in [0.25, 0.3) is 0 Å². The van der Waals surface area contributed by atoms with E-state index in [4.69, 9.17) is 0 Å². The summed E-state index contributed by atoms with van der Waals surface area (Å²) in [5.41, 5.74) is 2.49. The van der Waals surface area contributed by atoms with Crippen molar-refractivity contribution < 1.29 is 4.79 Å². The molecule has 3 heteroatoms. The molecule has 0 atom stereocenters. The Kier molecular flexibility index (Phi) is 4.00. The minimum absolute atomic E-state index is 0.114. The van der Waals surface area contributed by atoms with Crippen LogP contribution in [0.4, 0.5) is 0 Å². The van der Waals surface area contributed by atoms with Crippen molar-refractivity contribution in [2.24, 2.45) is 0 Å². The average molecular weight is 280 g/mol. The molecule has 1 aromatic carbocycles. The summed E-state index contributed by atoms with van der Waals surface area (Å²) in [6.45, 7) is 0.748. The zero-order chi connectivity index (χ0) is 14.5. The maximum absolute atomic E-state index is 12.0. The molecule has 21 heavy (non-hydrogen) atoms. The molecule has 1 aromatic heterocycles. The first-order valence-electron chi connectivity index (χ1n) is 7.51. The van der Waals surface area contributed by atoms with Crippen LogP contribution in [0.25, 0.3) is 0 Å². The number of aryl methyl sites for hydroxylation is 1. The van der Waals surface area contributed by atoms with Crippen LogP contribution in [-0.4, -0.2) is 17.4 Å². The third kappa shape index (κ3) is 3.48. The molecule has 0 spiro atoms. The normalized spacial score (nSPS) is 15.4. The number of carbonyl (C=O) groups excluding carboxylic acids is 1. The van der Waals surface area contributed by atoms with Gasteiger partial charge in [0.15, 0.2) is 0 Å². The number of pyridine rings is 1. The molecule has 2 aromatic rings. The van der Waals surface area contributed by atoms with E-state index < -0.39 is 0 Å². The predicted octanol–water partition coefficient (Wildman–Crippen LogP) is 2.86. The largest absolute Gasteiger partial charge is 0.355 e. The number of rotatable bonds is 6. The summed E-state index contributed by atoms with van der Waals surface area (Å²) in [5.74, 6) is 0.114. The standard InChI is InChI=1S/C18H20N2O/c21-17(10-9-16-8-4-5-13-19-16)20-14-18(11-12-18)15-6-2-1-3-7-15/h1-8,13H,9-12,14H2,(H,20,21). The van der Waals surface area contributed by atoms with E-state index >= 15 is 0 Å². The van der Waals surface area contributed by atoms with E-state index in [0.29, 0.717) is 12.8 Å². The van der Waals surface area contributed by atoms with E-state index in [2.05, 4.69) is 34.6 Å². The van der Waals surface area contributed by atoms with Crippen molar-refractivity contribution in [2.45, 2.75) is 31.1 Å². The lowest BCUT2D eigenvalue weighted by atomic mass is 9.96. The van der Waals surface area contributed by atoms with Crippen LogP contribution in [0.2, 0.25) is 0 Å². The molecule has 3 nitrogen and oxygen atoms in total. The van der Waals surface area contributed by atoms with E-state index in [9.17, 15) is 4.79 Å². The molecule has 0 unspecified atom stereocenters. The summed E-state index contributed by atoms with van der Waals surface area (Å²) in [6.07, 6.45) is 5.30. The second kappa shape index (κ2) is 6.08. The molecule has 1 fully saturated rings. The molecule has 1 amide bonds. The number of amides is 1. The first-order valence-corrected chi connectivity index (χ1v) is 7.51. The fourth-order valence-corrected chi connectivity index (χ4v) is 2.65. The van der Waals surface area contributed by atoms with Crippen LogP contribution in [0, 0.1) is 0 Å². The fraction of sp³-hybridized carbons (Fsp3) is 0.333. The maximum atomic E-state index is 12.0. The SMILES string of the molecule is O=C(CCc1ccccn1)NCC1(c2ccccc2)CC1. The predicted molar refractivity (Wildman–Crippen MR) is 82.9 cm³/mol. The molecule has 0 aliphatic heterocycles. The van der Waals surface area contributed by atoms with Gasteiger partial charge in [-0.3, -0.25) is 9.78 Å². The minimum Gasteiger partial charge on any atom is -0.355 e. The van der Waals surface area contributed by atoms with Crippen LogP contribution in [0.1, 0.15) is 30.5 Å². The summed E-state index contributed by atoms with van der Waals surface area (Å²) >= 11 is 0. The van der Waals surface area contributed by atoms with Gasteiger partial charge in [-0.1, -0.05) is 36.4 Å². The zero-order valence-electron chi connectivity index (χ0n) is 12.1. The number of carbonyl (C=O) groups is 1. The van der Waals surface area contributed by atoms with Gasteiger partial charge in [-0.15, -0.1) is 0 Å². The molecule has 1 N–H and O–H groups in total. The van der Waals surface area contributed by atoms with Gasteiger partial charge < -0.3 is 5.32 Å². The van der Waals surface area contributed by atoms with Crippen molar-refractivity contribution in [3.05, 3.63) is 66.0 Å². The van der Waals surface area contributed by atoms with E-state index in [1.807, 2.05) is 24.3 Å². The van der Waals surface area contributed by atoms with E-state index in [1.54, 1.807) is 6.20 Å². The van der Waals surface area contributed by atoms with E-state index in [-0.39, 0.29) is 11.3 Å². The molecule has 3 rings (SSSR count). The Bertz CT molecular complexity index is 591. The smallest absolute Gasteiger partial charge is 0.220 e. The van der Waals surface area contributed by atoms with Gasteiger partial charge in [0.05, 0.1) is 0 Å². The van der Waals surface area contributed by atoms with Gasteiger partial charge in [-0.05, 0) is 37.0 Å². The molecule has 1 saturated carbocycles. The average Bonchev–Trinajstić information content (AvgIpc) is 3.34. The Hall–Kier alpha value is -2.16. The molecule has 108 valence electrons. The van der Waals surface area contributed by atoms with Crippen molar-refractivity contribution in [1.29, 1.82) is 0 Å². The molecule has 1 heterocycles. The summed E-state index contributed by atoms with van der Waals surface area (Å²) in [7, 11) is 0. The molecular formula is C18H20N2O. The third-order valence-corrected chi connectivity index (χ3v) is 4.20. The Morgan fingerprint density at radius 1 is 1.10 bits per heavy atom. The lowest BCUT2D eigenvalue weighted by Crippen LogP contribution is -2.32. The van der Waals surface area contributed by atoms with Gasteiger partial charge in [0.1, 0.15) is 0 Å². The van der Waals surface area contributed by atoms with Crippen molar-refractivity contribution >= 4 is 5.91 Å². The van der Waals surface area contributed by atoms with Crippen LogP contribution in [0.3, 0.4) is 0 Å². The monoisotopic (exact) mass is 280 g/mol. The van der Waals surface area contributed by atoms with Crippen molar-refractivity contribution in [3.8, 4) is 0 Å². The van der Waals surface area contributed by atoms with Gasteiger partial charge in [0.2, 0.25) is 5.91 Å². The number of aromatic nitrogens is 1. The molecular weight excluding hydrogens is 260 g/mol. The topological polar surface area (TPSA) is 42.0 Å². The van der Waals surface area contributed by atoms with Crippen LogP contribution >= 0.6 is 0 Å². The Morgan fingerprint density at radius 3 is 2.52 bits per heavy atom. The van der Waals surface area contributed by atoms with Gasteiger partial charge >= 0.3 is 0 Å². The van der Waals surface area contributed by atoms with E-state index in [0.717, 1.165) is 25.1 Å².